The van der Waals surface area contributed by atoms with Crippen LogP contribution in [0.5, 0.6) is 0 Å². The number of rotatable bonds is 3. The van der Waals surface area contributed by atoms with Crippen LogP contribution in [0.4, 0.5) is 0 Å². The van der Waals surface area contributed by atoms with E-state index in [-0.39, 0.29) is 0 Å². The van der Waals surface area contributed by atoms with Crippen LogP contribution in [0.15, 0.2) is 43.0 Å². The Balaban J connectivity index is 2.58. The standard InChI is InChI=1S/C11H11N3O2/c1-11(10(15)16,14-8-12-7-13-14)9-5-3-2-4-6-9/h2-8H,1H3,(H,15,16). The smallest absolute Gasteiger partial charge is 0.336 e. The van der Waals surface area contributed by atoms with E-state index < -0.39 is 11.5 Å². The molecule has 0 saturated heterocycles. The Hall–Kier alpha value is -2.17. The SMILES string of the molecule is CC(C(=O)O)(c1ccccc1)n1cncn1. The first-order valence-corrected chi connectivity index (χ1v) is 4.79. The van der Waals surface area contributed by atoms with Gasteiger partial charge in [-0.05, 0) is 12.5 Å². The number of carbonyl (C=O) groups is 1. The number of aliphatic carboxylic acids is 1. The second-order valence-electron chi connectivity index (χ2n) is 3.58. The van der Waals surface area contributed by atoms with Gasteiger partial charge in [0, 0.05) is 0 Å². The molecule has 1 heterocycles. The molecule has 5 heteroatoms. The van der Waals surface area contributed by atoms with Gasteiger partial charge in [0.25, 0.3) is 0 Å². The highest BCUT2D eigenvalue weighted by Crippen LogP contribution is 2.24. The lowest BCUT2D eigenvalue weighted by atomic mass is 9.92. The Kier molecular flexibility index (Phi) is 2.44. The zero-order chi connectivity index (χ0) is 11.6. The minimum absolute atomic E-state index is 0.660. The Morgan fingerprint density at radius 2 is 2.06 bits per heavy atom. The van der Waals surface area contributed by atoms with E-state index in [9.17, 15) is 9.90 Å². The topological polar surface area (TPSA) is 68.0 Å². The number of hydrogen-bond acceptors (Lipinski definition) is 3. The van der Waals surface area contributed by atoms with Gasteiger partial charge in [-0.25, -0.2) is 14.5 Å². The Morgan fingerprint density at radius 1 is 1.38 bits per heavy atom. The molecule has 1 N–H and O–H groups in total. The van der Waals surface area contributed by atoms with Crippen LogP contribution in [0.3, 0.4) is 0 Å². The lowest BCUT2D eigenvalue weighted by Crippen LogP contribution is -2.40. The molecule has 16 heavy (non-hydrogen) atoms. The van der Waals surface area contributed by atoms with Crippen LogP contribution in [0.1, 0.15) is 12.5 Å². The molecule has 2 aromatic rings. The fourth-order valence-electron chi connectivity index (χ4n) is 1.56. The van der Waals surface area contributed by atoms with Gasteiger partial charge in [0.1, 0.15) is 12.7 Å². The van der Waals surface area contributed by atoms with Crippen LogP contribution in [-0.2, 0) is 10.3 Å². The summed E-state index contributed by atoms with van der Waals surface area (Å²) in [6.07, 6.45) is 2.73. The normalized spacial score (nSPS) is 14.3. The molecule has 5 nitrogen and oxygen atoms in total. The minimum atomic E-state index is -1.22. The van der Waals surface area contributed by atoms with Gasteiger partial charge in [0.05, 0.1) is 0 Å². The van der Waals surface area contributed by atoms with E-state index in [0.717, 1.165) is 0 Å². The molecule has 0 fully saturated rings. The van der Waals surface area contributed by atoms with Crippen molar-refractivity contribution in [2.45, 2.75) is 12.5 Å². The summed E-state index contributed by atoms with van der Waals surface area (Å²) in [6, 6.07) is 8.96. The van der Waals surface area contributed by atoms with Crippen LogP contribution in [0.2, 0.25) is 0 Å². The van der Waals surface area contributed by atoms with Crippen LogP contribution in [0, 0.1) is 0 Å². The average Bonchev–Trinajstić information content (AvgIpc) is 2.82. The number of nitrogens with zero attached hydrogens (tertiary/aromatic N) is 3. The number of aromatic nitrogens is 3. The number of hydrogen-bond donors (Lipinski definition) is 1. The molecule has 1 aromatic carbocycles. The van der Waals surface area contributed by atoms with Gasteiger partial charge in [-0.1, -0.05) is 30.3 Å². The maximum absolute atomic E-state index is 11.4. The zero-order valence-corrected chi connectivity index (χ0v) is 8.74. The molecule has 0 amide bonds. The zero-order valence-electron chi connectivity index (χ0n) is 8.74. The minimum Gasteiger partial charge on any atom is -0.479 e. The maximum atomic E-state index is 11.4. The molecule has 2 rings (SSSR count). The van der Waals surface area contributed by atoms with Gasteiger partial charge in [-0.15, -0.1) is 0 Å². The number of carboxylic acid groups (broad SMARTS) is 1. The molecule has 1 aromatic heterocycles. The molecule has 1 atom stereocenters. The highest BCUT2D eigenvalue weighted by atomic mass is 16.4. The molecule has 0 aliphatic carbocycles. The van der Waals surface area contributed by atoms with E-state index in [4.69, 9.17) is 0 Å². The molecule has 0 aliphatic rings. The van der Waals surface area contributed by atoms with Crippen molar-refractivity contribution >= 4 is 5.97 Å². The van der Waals surface area contributed by atoms with Crippen LogP contribution in [-0.4, -0.2) is 25.8 Å². The Bertz CT molecular complexity index is 481. The van der Waals surface area contributed by atoms with Crippen molar-refractivity contribution in [2.75, 3.05) is 0 Å². The molecule has 0 spiro atoms. The van der Waals surface area contributed by atoms with Crippen molar-refractivity contribution in [3.05, 3.63) is 48.5 Å². The van der Waals surface area contributed by atoms with Gasteiger partial charge >= 0.3 is 5.97 Å². The monoisotopic (exact) mass is 217 g/mol. The van der Waals surface area contributed by atoms with E-state index >= 15 is 0 Å². The van der Waals surface area contributed by atoms with Crippen molar-refractivity contribution in [1.82, 2.24) is 14.8 Å². The van der Waals surface area contributed by atoms with Crippen LogP contribution >= 0.6 is 0 Å². The first-order valence-electron chi connectivity index (χ1n) is 4.79. The van der Waals surface area contributed by atoms with Crippen molar-refractivity contribution < 1.29 is 9.90 Å². The summed E-state index contributed by atoms with van der Waals surface area (Å²) in [7, 11) is 0. The summed E-state index contributed by atoms with van der Waals surface area (Å²) >= 11 is 0. The summed E-state index contributed by atoms with van der Waals surface area (Å²) in [5.74, 6) is -0.968. The van der Waals surface area contributed by atoms with Crippen LogP contribution in [0.25, 0.3) is 0 Å². The largest absolute Gasteiger partial charge is 0.479 e. The molecule has 1 unspecified atom stereocenters. The summed E-state index contributed by atoms with van der Waals surface area (Å²) < 4.78 is 1.34. The molecular formula is C11H11N3O2. The van der Waals surface area contributed by atoms with Crippen LogP contribution < -0.4 is 0 Å². The van der Waals surface area contributed by atoms with Gasteiger partial charge in [-0.2, -0.15) is 5.10 Å². The van der Waals surface area contributed by atoms with Crippen molar-refractivity contribution in [3.63, 3.8) is 0 Å². The van der Waals surface area contributed by atoms with Crippen molar-refractivity contribution in [2.24, 2.45) is 0 Å². The Labute approximate surface area is 92.4 Å². The van der Waals surface area contributed by atoms with Crippen molar-refractivity contribution in [3.8, 4) is 0 Å². The Morgan fingerprint density at radius 3 is 2.56 bits per heavy atom. The lowest BCUT2D eigenvalue weighted by Gasteiger charge is -2.25. The lowest BCUT2D eigenvalue weighted by molar-refractivity contribution is -0.144. The average molecular weight is 217 g/mol. The first kappa shape index (κ1) is 10.4. The summed E-state index contributed by atoms with van der Waals surface area (Å²) in [5.41, 5.74) is -0.564. The molecule has 82 valence electrons. The highest BCUT2D eigenvalue weighted by Gasteiger charge is 2.38. The van der Waals surface area contributed by atoms with E-state index in [1.54, 1.807) is 31.2 Å². The van der Waals surface area contributed by atoms with Gasteiger partial charge in [0.15, 0.2) is 5.54 Å². The number of carboxylic acids is 1. The molecular weight excluding hydrogens is 206 g/mol. The third-order valence-electron chi connectivity index (χ3n) is 2.63. The number of benzene rings is 1. The first-order chi connectivity index (χ1) is 7.65. The highest BCUT2D eigenvalue weighted by molar-refractivity contribution is 5.80. The van der Waals surface area contributed by atoms with E-state index in [2.05, 4.69) is 10.1 Å². The van der Waals surface area contributed by atoms with E-state index in [0.29, 0.717) is 5.56 Å². The summed E-state index contributed by atoms with van der Waals surface area (Å²) in [6.45, 7) is 1.60. The maximum Gasteiger partial charge on any atom is 0.336 e. The third kappa shape index (κ3) is 1.46. The predicted octanol–water partition coefficient (Wildman–Crippen LogP) is 1.13. The molecule has 0 bridgehead atoms. The van der Waals surface area contributed by atoms with E-state index in [1.807, 2.05) is 6.07 Å². The third-order valence-corrected chi connectivity index (χ3v) is 2.63. The fourth-order valence-corrected chi connectivity index (χ4v) is 1.56. The van der Waals surface area contributed by atoms with E-state index in [1.165, 1.54) is 17.3 Å². The van der Waals surface area contributed by atoms with Crippen molar-refractivity contribution in [1.29, 1.82) is 0 Å². The van der Waals surface area contributed by atoms with Gasteiger partial charge < -0.3 is 5.11 Å². The quantitative estimate of drug-likeness (QED) is 0.836. The molecule has 0 radical (unpaired) electrons. The second kappa shape index (κ2) is 3.77. The van der Waals surface area contributed by atoms with Gasteiger partial charge in [0.2, 0.25) is 0 Å². The summed E-state index contributed by atoms with van der Waals surface area (Å²) in [4.78, 5) is 15.2. The summed E-state index contributed by atoms with van der Waals surface area (Å²) in [5, 5.41) is 13.3. The molecule has 0 aliphatic heterocycles. The fraction of sp³-hybridized carbons (Fsp3) is 0.182. The molecule has 0 saturated carbocycles. The predicted molar refractivity (Wildman–Crippen MR) is 56.8 cm³/mol. The van der Waals surface area contributed by atoms with Gasteiger partial charge in [-0.3, -0.25) is 0 Å². The second-order valence-corrected chi connectivity index (χ2v) is 3.58.